The van der Waals surface area contributed by atoms with Crippen molar-refractivity contribution in [2.75, 3.05) is 5.32 Å². The molecule has 1 amide bonds. The molecule has 0 bridgehead atoms. The van der Waals surface area contributed by atoms with E-state index in [-0.39, 0.29) is 16.8 Å². The predicted molar refractivity (Wildman–Crippen MR) is 136 cm³/mol. The zero-order chi connectivity index (χ0) is 30.4. The summed E-state index contributed by atoms with van der Waals surface area (Å²) in [4.78, 5) is 37.1. The van der Waals surface area contributed by atoms with Crippen molar-refractivity contribution in [1.29, 1.82) is 0 Å². The third-order valence-electron chi connectivity index (χ3n) is 6.57. The monoisotopic (exact) mass is 619 g/mol. The van der Waals surface area contributed by atoms with Gasteiger partial charge in [0.15, 0.2) is 5.78 Å². The van der Waals surface area contributed by atoms with Crippen LogP contribution >= 0.6 is 23.2 Å². The van der Waals surface area contributed by atoms with Gasteiger partial charge in [0.25, 0.3) is 0 Å². The van der Waals surface area contributed by atoms with Gasteiger partial charge in [-0.25, -0.2) is 17.6 Å². The molecule has 1 N–H and O–H groups in total. The summed E-state index contributed by atoms with van der Waals surface area (Å²) in [5.41, 5.74) is -3.17. The number of benzene rings is 3. The van der Waals surface area contributed by atoms with Crippen molar-refractivity contribution in [3.05, 3.63) is 99.6 Å². The summed E-state index contributed by atoms with van der Waals surface area (Å²) < 4.78 is 94.5. The van der Waals surface area contributed by atoms with E-state index < -0.39 is 92.6 Å². The number of ketones is 2. The number of Topliss-reactive ketones (excluding diaryl/α,β-unsaturated/α-hetero) is 2. The lowest BCUT2D eigenvalue weighted by molar-refractivity contribution is -0.140. The Bertz CT molecular complexity index is 1570. The molecule has 0 aliphatic heterocycles. The summed E-state index contributed by atoms with van der Waals surface area (Å²) >= 11 is 12.3. The van der Waals surface area contributed by atoms with Crippen molar-refractivity contribution in [3.8, 4) is 0 Å². The topological polar surface area (TPSA) is 63.2 Å². The molecule has 1 aliphatic rings. The summed E-state index contributed by atoms with van der Waals surface area (Å²) in [6, 6.07) is 6.88. The van der Waals surface area contributed by atoms with Crippen LogP contribution in [0.5, 0.6) is 0 Å². The molecule has 0 spiro atoms. The van der Waals surface area contributed by atoms with E-state index in [2.05, 4.69) is 5.32 Å². The van der Waals surface area contributed by atoms with Gasteiger partial charge in [0.05, 0.1) is 17.0 Å². The molecule has 4 nitrogen and oxygen atoms in total. The van der Waals surface area contributed by atoms with Crippen molar-refractivity contribution >= 4 is 46.4 Å². The lowest BCUT2D eigenvalue weighted by Gasteiger charge is -2.11. The van der Waals surface area contributed by atoms with Crippen LogP contribution in [0.3, 0.4) is 0 Å². The summed E-state index contributed by atoms with van der Waals surface area (Å²) in [5.74, 6) is -9.37. The maximum atomic E-state index is 14.8. The minimum atomic E-state index is -5.00. The third kappa shape index (κ3) is 6.25. The van der Waals surface area contributed by atoms with Gasteiger partial charge in [-0.2, -0.15) is 13.2 Å². The van der Waals surface area contributed by atoms with Gasteiger partial charge in [-0.05, 0) is 54.4 Å². The number of alkyl halides is 5. The van der Waals surface area contributed by atoms with E-state index in [1.807, 2.05) is 0 Å². The molecule has 3 aromatic carbocycles. The molecular weight excluding hydrogens is 602 g/mol. The van der Waals surface area contributed by atoms with Gasteiger partial charge in [0.2, 0.25) is 5.91 Å². The first-order valence-corrected chi connectivity index (χ1v) is 12.6. The van der Waals surface area contributed by atoms with Crippen LogP contribution in [0.2, 0.25) is 0 Å². The van der Waals surface area contributed by atoms with Crippen LogP contribution in [0, 0.1) is 29.2 Å². The van der Waals surface area contributed by atoms with Gasteiger partial charge in [0, 0.05) is 30.0 Å². The van der Waals surface area contributed by atoms with Crippen LogP contribution in [0.4, 0.5) is 36.4 Å². The number of anilines is 1. The van der Waals surface area contributed by atoms with Crippen LogP contribution < -0.4 is 5.32 Å². The highest BCUT2D eigenvalue weighted by Crippen LogP contribution is 2.65. The number of carbonyl (C=O) groups is 3. The highest BCUT2D eigenvalue weighted by molar-refractivity contribution is 6.53. The normalized spacial score (nSPS) is 17.7. The molecule has 4 rings (SSSR count). The first kappa shape index (κ1) is 30.5. The Labute approximate surface area is 238 Å². The number of rotatable bonds is 8. The number of hydrogen-bond donors (Lipinski definition) is 1. The molecule has 13 heteroatoms. The maximum Gasteiger partial charge on any atom is 0.419 e. The number of carbonyl (C=O) groups excluding carboxylic acids is 3. The molecular formula is C28H18Cl2F7NO3. The maximum absolute atomic E-state index is 14.8. The fourth-order valence-electron chi connectivity index (χ4n) is 4.52. The molecule has 0 heterocycles. The number of halogens is 9. The van der Waals surface area contributed by atoms with Crippen LogP contribution in [-0.4, -0.2) is 21.8 Å². The molecule has 3 aromatic rings. The Morgan fingerprint density at radius 2 is 1.51 bits per heavy atom. The number of nitrogens with one attached hydrogen (secondary N) is 1. The summed E-state index contributed by atoms with van der Waals surface area (Å²) in [7, 11) is 0. The number of amides is 1. The average molecular weight is 620 g/mol. The van der Waals surface area contributed by atoms with E-state index in [0.717, 1.165) is 43.3 Å². The molecule has 216 valence electrons. The largest absolute Gasteiger partial charge is 0.419 e. The summed E-state index contributed by atoms with van der Waals surface area (Å²) in [6.07, 6.45) is -6.25. The molecule has 1 saturated carbocycles. The standard InChI is InChI=1S/C28H18Cl2F7NO3/c1-12(39)8-17-20(32)5-3-14(25(17)34)10-22(40)16-11-15(4-7-19(16)31)38-26(41)24-23(27(24,29)30)13-2-6-21(33)18(9-13)28(35,36)37/h2-7,9,11,23-24H,8,10H2,1H3,(H,38,41)/t23-,24+/m0/s1. The molecule has 2 atom stereocenters. The van der Waals surface area contributed by atoms with E-state index >= 15 is 0 Å². The van der Waals surface area contributed by atoms with Gasteiger partial charge in [-0.15, -0.1) is 23.2 Å². The van der Waals surface area contributed by atoms with Crippen LogP contribution in [0.1, 0.15) is 45.5 Å². The molecule has 0 radical (unpaired) electrons. The van der Waals surface area contributed by atoms with E-state index in [9.17, 15) is 45.1 Å². The Hall–Kier alpha value is -3.44. The summed E-state index contributed by atoms with van der Waals surface area (Å²) in [6.45, 7) is 1.13. The Balaban J connectivity index is 1.53. The van der Waals surface area contributed by atoms with E-state index in [4.69, 9.17) is 23.2 Å². The molecule has 1 aliphatic carbocycles. The van der Waals surface area contributed by atoms with E-state index in [1.54, 1.807) is 0 Å². The van der Waals surface area contributed by atoms with Crippen molar-refractivity contribution in [1.82, 2.24) is 0 Å². The van der Waals surface area contributed by atoms with Crippen LogP contribution in [-0.2, 0) is 28.6 Å². The second-order valence-corrected chi connectivity index (χ2v) is 11.0. The Morgan fingerprint density at radius 1 is 0.878 bits per heavy atom. The Morgan fingerprint density at radius 3 is 2.15 bits per heavy atom. The van der Waals surface area contributed by atoms with E-state index in [1.165, 1.54) is 0 Å². The zero-order valence-corrected chi connectivity index (χ0v) is 22.3. The second kappa shape index (κ2) is 11.1. The third-order valence-corrected chi connectivity index (χ3v) is 7.51. The Kier molecular flexibility index (Phi) is 8.26. The smallest absolute Gasteiger partial charge is 0.326 e. The van der Waals surface area contributed by atoms with Crippen LogP contribution in [0.15, 0.2) is 48.5 Å². The highest BCUT2D eigenvalue weighted by atomic mass is 35.5. The fourth-order valence-corrected chi connectivity index (χ4v) is 5.35. The molecule has 1 fully saturated rings. The van der Waals surface area contributed by atoms with Gasteiger partial charge >= 0.3 is 6.18 Å². The SMILES string of the molecule is CC(=O)Cc1c(F)ccc(CC(=O)c2cc(NC(=O)[C@H]3[C@H](c4ccc(F)c(C(F)(F)F)c4)C3(Cl)Cl)ccc2F)c1F. The highest BCUT2D eigenvalue weighted by Gasteiger charge is 2.67. The van der Waals surface area contributed by atoms with Crippen molar-refractivity contribution in [2.24, 2.45) is 5.92 Å². The first-order chi connectivity index (χ1) is 19.0. The van der Waals surface area contributed by atoms with Crippen molar-refractivity contribution in [2.45, 2.75) is 36.2 Å². The second-order valence-electron chi connectivity index (χ2n) is 9.53. The first-order valence-electron chi connectivity index (χ1n) is 11.9. The minimum absolute atomic E-state index is 0.110. The quantitative estimate of drug-likeness (QED) is 0.163. The van der Waals surface area contributed by atoms with Gasteiger partial charge in [-0.3, -0.25) is 14.4 Å². The lowest BCUT2D eigenvalue weighted by atomic mass is 9.98. The van der Waals surface area contributed by atoms with E-state index in [0.29, 0.717) is 12.1 Å². The predicted octanol–water partition coefficient (Wildman–Crippen LogP) is 7.34. The van der Waals surface area contributed by atoms with Crippen molar-refractivity contribution < 1.29 is 45.1 Å². The zero-order valence-electron chi connectivity index (χ0n) is 20.8. The van der Waals surface area contributed by atoms with Crippen LogP contribution in [0.25, 0.3) is 0 Å². The van der Waals surface area contributed by atoms with Gasteiger partial charge in [-0.1, -0.05) is 12.1 Å². The fraction of sp³-hybridized carbons (Fsp3) is 0.250. The molecule has 0 saturated heterocycles. The average Bonchev–Trinajstić information content (AvgIpc) is 3.45. The van der Waals surface area contributed by atoms with Gasteiger partial charge < -0.3 is 5.32 Å². The van der Waals surface area contributed by atoms with Gasteiger partial charge in [0.1, 0.15) is 33.4 Å². The molecule has 0 aromatic heterocycles. The lowest BCUT2D eigenvalue weighted by Crippen LogP contribution is -2.18. The summed E-state index contributed by atoms with van der Waals surface area (Å²) in [5, 5.41) is 2.37. The van der Waals surface area contributed by atoms with Crippen molar-refractivity contribution in [3.63, 3.8) is 0 Å². The molecule has 41 heavy (non-hydrogen) atoms. The minimum Gasteiger partial charge on any atom is -0.326 e. The number of hydrogen-bond acceptors (Lipinski definition) is 3. The molecule has 0 unspecified atom stereocenters.